The molecule has 0 aliphatic rings. The number of rotatable bonds is 4. The van der Waals surface area contributed by atoms with Gasteiger partial charge in [0.2, 0.25) is 0 Å². The van der Waals surface area contributed by atoms with Crippen LogP contribution in [0.2, 0.25) is 0 Å². The van der Waals surface area contributed by atoms with Crippen molar-refractivity contribution < 1.29 is 19.0 Å². The molecule has 0 saturated carbocycles. The average molecular weight is 345 g/mol. The zero-order valence-electron chi connectivity index (χ0n) is 10.8. The van der Waals surface area contributed by atoms with E-state index in [0.717, 1.165) is 15.6 Å². The van der Waals surface area contributed by atoms with Crippen LogP contribution in [0.5, 0.6) is 11.5 Å². The van der Waals surface area contributed by atoms with E-state index < -0.39 is 0 Å². The fourth-order valence-electron chi connectivity index (χ4n) is 1.86. The van der Waals surface area contributed by atoms with Gasteiger partial charge in [0.25, 0.3) is 0 Å². The molecule has 0 amide bonds. The van der Waals surface area contributed by atoms with E-state index in [-0.39, 0.29) is 5.97 Å². The van der Waals surface area contributed by atoms with Gasteiger partial charge in [0.15, 0.2) is 11.5 Å². The van der Waals surface area contributed by atoms with Crippen LogP contribution in [-0.2, 0) is 10.1 Å². The number of carbonyl (C=O) groups is 1. The van der Waals surface area contributed by atoms with E-state index in [1.807, 2.05) is 12.1 Å². The van der Waals surface area contributed by atoms with Crippen LogP contribution in [0.3, 0.4) is 0 Å². The Morgan fingerprint density at radius 2 is 1.84 bits per heavy atom. The van der Waals surface area contributed by atoms with Crippen LogP contribution in [0.15, 0.2) is 12.1 Å². The third-order valence-electron chi connectivity index (χ3n) is 2.80. The summed E-state index contributed by atoms with van der Waals surface area (Å²) in [7, 11) is 4.56. The van der Waals surface area contributed by atoms with Gasteiger partial charge < -0.3 is 14.2 Å². The molecule has 2 aromatic rings. The van der Waals surface area contributed by atoms with E-state index in [2.05, 4.69) is 15.9 Å². The molecule has 1 aromatic carbocycles. The van der Waals surface area contributed by atoms with Gasteiger partial charge in [-0.15, -0.1) is 11.3 Å². The van der Waals surface area contributed by atoms with Crippen LogP contribution in [-0.4, -0.2) is 27.3 Å². The second kappa shape index (κ2) is 5.79. The van der Waals surface area contributed by atoms with Crippen molar-refractivity contribution in [2.75, 3.05) is 21.3 Å². The molecule has 2 rings (SSSR count). The SMILES string of the molecule is COC(=O)c1sc2cc(OC)c(OC)cc2c1CBr. The molecule has 4 nitrogen and oxygen atoms in total. The molecular formula is C13H13BrO4S. The van der Waals surface area contributed by atoms with Crippen LogP contribution in [0.25, 0.3) is 10.1 Å². The standard InChI is InChI=1S/C13H13BrO4S/c1-16-9-4-7-8(6-14)12(13(15)18-3)19-11(7)5-10(9)17-2/h4-5H,6H2,1-3H3. The Morgan fingerprint density at radius 3 is 2.37 bits per heavy atom. The van der Waals surface area contributed by atoms with Crippen molar-refractivity contribution in [1.29, 1.82) is 0 Å². The highest BCUT2D eigenvalue weighted by Gasteiger charge is 2.20. The molecule has 0 N–H and O–H groups in total. The second-order valence-electron chi connectivity index (χ2n) is 3.74. The fourth-order valence-corrected chi connectivity index (χ4v) is 3.78. The molecule has 19 heavy (non-hydrogen) atoms. The number of esters is 1. The van der Waals surface area contributed by atoms with Crippen molar-refractivity contribution in [2.45, 2.75) is 5.33 Å². The van der Waals surface area contributed by atoms with E-state index in [1.54, 1.807) is 14.2 Å². The lowest BCUT2D eigenvalue weighted by Crippen LogP contribution is -2.00. The first-order chi connectivity index (χ1) is 9.15. The molecule has 0 radical (unpaired) electrons. The molecule has 0 fully saturated rings. The second-order valence-corrected chi connectivity index (χ2v) is 5.35. The molecule has 102 valence electrons. The first-order valence-electron chi connectivity index (χ1n) is 5.48. The third kappa shape index (κ3) is 2.42. The van der Waals surface area contributed by atoms with Gasteiger partial charge in [0.05, 0.1) is 21.3 Å². The van der Waals surface area contributed by atoms with E-state index >= 15 is 0 Å². The van der Waals surface area contributed by atoms with E-state index in [1.165, 1.54) is 18.4 Å². The molecule has 6 heteroatoms. The summed E-state index contributed by atoms with van der Waals surface area (Å²) in [5, 5.41) is 1.55. The third-order valence-corrected chi connectivity index (χ3v) is 4.54. The molecule has 0 atom stereocenters. The van der Waals surface area contributed by atoms with Crippen molar-refractivity contribution >= 4 is 43.3 Å². The lowest BCUT2D eigenvalue weighted by atomic mass is 10.1. The predicted octanol–water partition coefficient (Wildman–Crippen LogP) is 3.60. The Bertz CT molecular complexity index is 621. The number of halogens is 1. The summed E-state index contributed by atoms with van der Waals surface area (Å²) in [6.07, 6.45) is 0. The number of ether oxygens (including phenoxy) is 3. The summed E-state index contributed by atoms with van der Waals surface area (Å²) in [6, 6.07) is 3.76. The summed E-state index contributed by atoms with van der Waals surface area (Å²) < 4.78 is 16.3. The summed E-state index contributed by atoms with van der Waals surface area (Å²) >= 11 is 4.80. The Hall–Kier alpha value is -1.27. The molecular weight excluding hydrogens is 332 g/mol. The maximum Gasteiger partial charge on any atom is 0.348 e. The van der Waals surface area contributed by atoms with Crippen molar-refractivity contribution in [1.82, 2.24) is 0 Å². The van der Waals surface area contributed by atoms with Gasteiger partial charge in [0, 0.05) is 21.5 Å². The van der Waals surface area contributed by atoms with Crippen molar-refractivity contribution in [2.24, 2.45) is 0 Å². The van der Waals surface area contributed by atoms with Crippen molar-refractivity contribution in [3.8, 4) is 11.5 Å². The maximum atomic E-state index is 11.8. The highest BCUT2D eigenvalue weighted by Crippen LogP contribution is 2.40. The van der Waals surface area contributed by atoms with Crippen LogP contribution < -0.4 is 9.47 Å². The van der Waals surface area contributed by atoms with Gasteiger partial charge in [-0.2, -0.15) is 0 Å². The Kier molecular flexibility index (Phi) is 4.31. The molecule has 0 aliphatic carbocycles. The number of methoxy groups -OCH3 is 3. The number of fused-ring (bicyclic) bond motifs is 1. The molecule has 0 unspecified atom stereocenters. The molecule has 0 saturated heterocycles. The largest absolute Gasteiger partial charge is 0.493 e. The first-order valence-corrected chi connectivity index (χ1v) is 7.41. The van der Waals surface area contributed by atoms with Crippen LogP contribution >= 0.6 is 27.3 Å². The normalized spacial score (nSPS) is 10.5. The minimum absolute atomic E-state index is 0.325. The monoisotopic (exact) mass is 344 g/mol. The number of alkyl halides is 1. The highest BCUT2D eigenvalue weighted by atomic mass is 79.9. The van der Waals surface area contributed by atoms with Crippen LogP contribution in [0.1, 0.15) is 15.2 Å². The number of hydrogen-bond acceptors (Lipinski definition) is 5. The minimum Gasteiger partial charge on any atom is -0.493 e. The Labute approximate surface area is 123 Å². The van der Waals surface area contributed by atoms with Gasteiger partial charge in [-0.3, -0.25) is 0 Å². The Morgan fingerprint density at radius 1 is 1.21 bits per heavy atom. The summed E-state index contributed by atoms with van der Waals surface area (Å²) in [6.45, 7) is 0. The van der Waals surface area contributed by atoms with E-state index in [0.29, 0.717) is 21.7 Å². The quantitative estimate of drug-likeness (QED) is 0.627. The van der Waals surface area contributed by atoms with Gasteiger partial charge >= 0.3 is 5.97 Å². The molecule has 0 aliphatic heterocycles. The van der Waals surface area contributed by atoms with Gasteiger partial charge in [-0.1, -0.05) is 15.9 Å². The summed E-state index contributed by atoms with van der Waals surface area (Å²) in [5.74, 6) is 0.966. The zero-order valence-corrected chi connectivity index (χ0v) is 13.2. The smallest absolute Gasteiger partial charge is 0.348 e. The van der Waals surface area contributed by atoms with Crippen LogP contribution in [0, 0.1) is 0 Å². The minimum atomic E-state index is -0.325. The van der Waals surface area contributed by atoms with Gasteiger partial charge in [-0.25, -0.2) is 4.79 Å². The summed E-state index contributed by atoms with van der Waals surface area (Å²) in [5.41, 5.74) is 0.910. The fraction of sp³-hybridized carbons (Fsp3) is 0.308. The van der Waals surface area contributed by atoms with E-state index in [4.69, 9.17) is 14.2 Å². The summed E-state index contributed by atoms with van der Waals surface area (Å²) in [4.78, 5) is 12.4. The maximum absolute atomic E-state index is 11.8. The van der Waals surface area contributed by atoms with Crippen LogP contribution in [0.4, 0.5) is 0 Å². The topological polar surface area (TPSA) is 44.8 Å². The molecule has 0 spiro atoms. The number of carbonyl (C=O) groups excluding carboxylic acids is 1. The van der Waals surface area contributed by atoms with Gasteiger partial charge in [-0.05, 0) is 11.6 Å². The van der Waals surface area contributed by atoms with Gasteiger partial charge in [0.1, 0.15) is 4.88 Å². The molecule has 0 bridgehead atoms. The van der Waals surface area contributed by atoms with Crippen molar-refractivity contribution in [3.05, 3.63) is 22.6 Å². The predicted molar refractivity (Wildman–Crippen MR) is 78.9 cm³/mol. The number of benzene rings is 1. The zero-order chi connectivity index (χ0) is 14.0. The first kappa shape index (κ1) is 14.1. The Balaban J connectivity index is 2.72. The van der Waals surface area contributed by atoms with Crippen molar-refractivity contribution in [3.63, 3.8) is 0 Å². The lowest BCUT2D eigenvalue weighted by molar-refractivity contribution is 0.0605. The lowest BCUT2D eigenvalue weighted by Gasteiger charge is -2.07. The average Bonchev–Trinajstić information content (AvgIpc) is 2.81. The molecule has 1 aromatic heterocycles. The molecule has 1 heterocycles. The highest BCUT2D eigenvalue weighted by molar-refractivity contribution is 9.08. The number of thiophene rings is 1. The van der Waals surface area contributed by atoms with E-state index in [9.17, 15) is 4.79 Å². The number of hydrogen-bond donors (Lipinski definition) is 0.